The number of hydrogen-bond donors (Lipinski definition) is 3. The lowest BCUT2D eigenvalue weighted by atomic mass is 10.2. The van der Waals surface area contributed by atoms with E-state index < -0.39 is 0 Å². The molecule has 0 spiro atoms. The molecule has 2 atom stereocenters. The van der Waals surface area contributed by atoms with Crippen LogP contribution in [0.25, 0.3) is 0 Å². The number of rotatable bonds is 4. The maximum Gasteiger partial charge on any atom is 0.253 e. The number of H-pyrrole nitrogens is 1. The van der Waals surface area contributed by atoms with E-state index >= 15 is 0 Å². The SMILES string of the molecule is Cc1ccc(C(Sc2nc(N)cc(=O)[nH]2)C(C)N)s1. The van der Waals surface area contributed by atoms with Crippen LogP contribution in [-0.2, 0) is 0 Å². The highest BCUT2D eigenvalue weighted by Gasteiger charge is 2.20. The molecule has 2 unspecified atom stereocenters. The van der Waals surface area contributed by atoms with Gasteiger partial charge >= 0.3 is 0 Å². The van der Waals surface area contributed by atoms with Gasteiger partial charge in [-0.2, -0.15) is 0 Å². The molecule has 0 aliphatic carbocycles. The summed E-state index contributed by atoms with van der Waals surface area (Å²) in [5, 5.41) is 0.544. The van der Waals surface area contributed by atoms with Gasteiger partial charge in [0.25, 0.3) is 5.56 Å². The third-order valence-corrected chi connectivity index (χ3v) is 5.08. The van der Waals surface area contributed by atoms with Crippen molar-refractivity contribution in [3.05, 3.63) is 38.3 Å². The van der Waals surface area contributed by atoms with Crippen molar-refractivity contribution in [1.82, 2.24) is 9.97 Å². The van der Waals surface area contributed by atoms with Crippen molar-refractivity contribution >= 4 is 28.9 Å². The second-order valence-electron chi connectivity index (χ2n) is 4.32. The average molecular weight is 296 g/mol. The van der Waals surface area contributed by atoms with E-state index in [1.807, 2.05) is 6.92 Å². The maximum atomic E-state index is 11.4. The van der Waals surface area contributed by atoms with E-state index in [4.69, 9.17) is 11.5 Å². The van der Waals surface area contributed by atoms with Crippen LogP contribution in [0.5, 0.6) is 0 Å². The Morgan fingerprint density at radius 2 is 2.21 bits per heavy atom. The van der Waals surface area contributed by atoms with Crippen LogP contribution in [0.3, 0.4) is 0 Å². The van der Waals surface area contributed by atoms with Crippen molar-refractivity contribution in [3.63, 3.8) is 0 Å². The summed E-state index contributed by atoms with van der Waals surface area (Å²) in [4.78, 5) is 20.6. The van der Waals surface area contributed by atoms with Gasteiger partial charge in [0.2, 0.25) is 0 Å². The normalized spacial score (nSPS) is 14.3. The summed E-state index contributed by atoms with van der Waals surface area (Å²) in [6, 6.07) is 5.33. The number of nitrogens with one attached hydrogen (secondary N) is 1. The van der Waals surface area contributed by atoms with Crippen molar-refractivity contribution < 1.29 is 0 Å². The molecule has 0 bridgehead atoms. The summed E-state index contributed by atoms with van der Waals surface area (Å²) in [7, 11) is 0. The summed E-state index contributed by atoms with van der Waals surface area (Å²) < 4.78 is 0. The van der Waals surface area contributed by atoms with Crippen molar-refractivity contribution in [2.75, 3.05) is 5.73 Å². The lowest BCUT2D eigenvalue weighted by molar-refractivity contribution is 0.726. The molecule has 2 aromatic rings. The number of thiophene rings is 1. The molecule has 5 nitrogen and oxygen atoms in total. The molecule has 19 heavy (non-hydrogen) atoms. The Kier molecular flexibility index (Phi) is 4.28. The van der Waals surface area contributed by atoms with Crippen LogP contribution in [0.15, 0.2) is 28.2 Å². The number of nitrogen functional groups attached to an aromatic ring is 1. The van der Waals surface area contributed by atoms with Crippen LogP contribution in [0.1, 0.15) is 21.9 Å². The number of aromatic nitrogens is 2. The van der Waals surface area contributed by atoms with Crippen LogP contribution >= 0.6 is 23.1 Å². The number of aryl methyl sites for hydroxylation is 1. The molecule has 0 amide bonds. The molecule has 0 aromatic carbocycles. The topological polar surface area (TPSA) is 97.8 Å². The summed E-state index contributed by atoms with van der Waals surface area (Å²) in [5.41, 5.74) is 11.4. The van der Waals surface area contributed by atoms with Crippen LogP contribution in [-0.4, -0.2) is 16.0 Å². The summed E-state index contributed by atoms with van der Waals surface area (Å²) >= 11 is 3.13. The zero-order valence-electron chi connectivity index (χ0n) is 10.7. The fourth-order valence-corrected chi connectivity index (χ4v) is 3.89. The molecule has 7 heteroatoms. The smallest absolute Gasteiger partial charge is 0.253 e. The monoisotopic (exact) mass is 296 g/mol. The Morgan fingerprint density at radius 1 is 1.47 bits per heavy atom. The first-order valence-electron chi connectivity index (χ1n) is 5.81. The Bertz CT molecular complexity index is 620. The predicted octanol–water partition coefficient (Wildman–Crippen LogP) is 1.90. The molecule has 2 rings (SSSR count). The van der Waals surface area contributed by atoms with E-state index in [2.05, 4.69) is 29.0 Å². The van der Waals surface area contributed by atoms with Crippen LogP contribution in [0.2, 0.25) is 0 Å². The lowest BCUT2D eigenvalue weighted by Gasteiger charge is -2.18. The summed E-state index contributed by atoms with van der Waals surface area (Å²) in [6.07, 6.45) is 0. The highest BCUT2D eigenvalue weighted by molar-refractivity contribution is 7.99. The van der Waals surface area contributed by atoms with Gasteiger partial charge in [0.05, 0.1) is 5.25 Å². The maximum absolute atomic E-state index is 11.4. The van der Waals surface area contributed by atoms with Crippen molar-refractivity contribution in [1.29, 1.82) is 0 Å². The number of anilines is 1. The molecule has 0 aliphatic heterocycles. The molecule has 5 N–H and O–H groups in total. The van der Waals surface area contributed by atoms with Crippen molar-refractivity contribution in [3.8, 4) is 0 Å². The van der Waals surface area contributed by atoms with E-state index in [1.165, 1.54) is 27.6 Å². The molecular weight excluding hydrogens is 280 g/mol. The van der Waals surface area contributed by atoms with Crippen LogP contribution in [0.4, 0.5) is 5.82 Å². The van der Waals surface area contributed by atoms with Gasteiger partial charge in [0.1, 0.15) is 5.82 Å². The van der Waals surface area contributed by atoms with E-state index in [1.54, 1.807) is 11.3 Å². The first-order chi connectivity index (χ1) is 8.95. The van der Waals surface area contributed by atoms with E-state index in [0.29, 0.717) is 5.16 Å². The third kappa shape index (κ3) is 3.59. The molecular formula is C12H16N4OS2. The minimum atomic E-state index is -0.249. The van der Waals surface area contributed by atoms with Gasteiger partial charge in [0, 0.05) is 21.9 Å². The van der Waals surface area contributed by atoms with Gasteiger partial charge in [0.15, 0.2) is 5.16 Å². The fourth-order valence-electron chi connectivity index (χ4n) is 1.66. The van der Waals surface area contributed by atoms with E-state index in [0.717, 1.165) is 0 Å². The number of hydrogen-bond acceptors (Lipinski definition) is 6. The summed E-state index contributed by atoms with van der Waals surface area (Å²) in [6.45, 7) is 3.99. The number of nitrogens with zero attached hydrogens (tertiary/aromatic N) is 1. The number of aromatic amines is 1. The molecule has 0 aliphatic rings. The molecule has 0 fully saturated rings. The Balaban J connectivity index is 2.28. The van der Waals surface area contributed by atoms with Gasteiger partial charge < -0.3 is 16.5 Å². The first kappa shape index (κ1) is 14.1. The van der Waals surface area contributed by atoms with Crippen LogP contribution in [0, 0.1) is 6.92 Å². The molecule has 102 valence electrons. The largest absolute Gasteiger partial charge is 0.383 e. The zero-order valence-corrected chi connectivity index (χ0v) is 12.3. The Morgan fingerprint density at radius 3 is 2.74 bits per heavy atom. The van der Waals surface area contributed by atoms with Crippen molar-refractivity contribution in [2.45, 2.75) is 30.3 Å². The molecule has 2 aromatic heterocycles. The Labute approximate surface area is 119 Å². The van der Waals surface area contributed by atoms with Gasteiger partial charge in [-0.3, -0.25) is 4.79 Å². The fraction of sp³-hybridized carbons (Fsp3) is 0.333. The number of nitrogens with two attached hydrogens (primary N) is 2. The lowest BCUT2D eigenvalue weighted by Crippen LogP contribution is -2.22. The average Bonchev–Trinajstić information content (AvgIpc) is 2.70. The highest BCUT2D eigenvalue weighted by Crippen LogP contribution is 2.38. The zero-order chi connectivity index (χ0) is 14.0. The highest BCUT2D eigenvalue weighted by atomic mass is 32.2. The minimum absolute atomic E-state index is 0.0450. The minimum Gasteiger partial charge on any atom is -0.383 e. The van der Waals surface area contributed by atoms with Gasteiger partial charge in [-0.1, -0.05) is 11.8 Å². The Hall–Kier alpha value is -1.31. The molecule has 0 radical (unpaired) electrons. The van der Waals surface area contributed by atoms with Gasteiger partial charge in [-0.25, -0.2) is 4.98 Å². The third-order valence-electron chi connectivity index (χ3n) is 2.50. The first-order valence-corrected chi connectivity index (χ1v) is 7.50. The van der Waals surface area contributed by atoms with E-state index in [9.17, 15) is 4.79 Å². The standard InChI is InChI=1S/C12H16N4OS2/c1-6-3-4-8(18-6)11(7(2)13)19-12-15-9(14)5-10(17)16-12/h3-5,7,11H,13H2,1-2H3,(H3,14,15,16,17). The summed E-state index contributed by atoms with van der Waals surface area (Å²) in [5.74, 6) is 0.219. The van der Waals surface area contributed by atoms with Crippen molar-refractivity contribution in [2.24, 2.45) is 5.73 Å². The van der Waals surface area contributed by atoms with Crippen LogP contribution < -0.4 is 17.0 Å². The quantitative estimate of drug-likeness (QED) is 0.591. The predicted molar refractivity (Wildman–Crippen MR) is 80.6 cm³/mol. The second-order valence-corrected chi connectivity index (χ2v) is 6.77. The van der Waals surface area contributed by atoms with Gasteiger partial charge in [-0.05, 0) is 26.0 Å². The van der Waals surface area contributed by atoms with E-state index in [-0.39, 0.29) is 22.7 Å². The second kappa shape index (κ2) is 5.77. The number of thioether (sulfide) groups is 1. The molecule has 2 heterocycles. The molecule has 0 saturated carbocycles. The van der Waals surface area contributed by atoms with Gasteiger partial charge in [-0.15, -0.1) is 11.3 Å². The molecule has 0 saturated heterocycles.